The molecule has 1 amide bonds. The average molecular weight is 224 g/mol. The Morgan fingerprint density at radius 3 is 2.81 bits per heavy atom. The van der Waals surface area contributed by atoms with Crippen LogP contribution in [0.3, 0.4) is 0 Å². The lowest BCUT2D eigenvalue weighted by Crippen LogP contribution is -2.41. The monoisotopic (exact) mass is 224 g/mol. The molecule has 1 aromatic heterocycles. The van der Waals surface area contributed by atoms with E-state index < -0.39 is 6.04 Å². The number of aryl methyl sites for hydroxylation is 1. The van der Waals surface area contributed by atoms with Crippen LogP contribution in [0, 0.1) is 5.92 Å². The zero-order chi connectivity index (χ0) is 12.1. The average Bonchev–Trinajstić information content (AvgIpc) is 2.59. The van der Waals surface area contributed by atoms with E-state index in [1.165, 1.54) is 0 Å². The summed E-state index contributed by atoms with van der Waals surface area (Å²) in [7, 11) is 1.84. The third-order valence-corrected chi connectivity index (χ3v) is 2.27. The Hall–Kier alpha value is -1.36. The number of nitrogens with zero attached hydrogens (tertiary/aromatic N) is 2. The van der Waals surface area contributed by atoms with E-state index in [1.54, 1.807) is 4.68 Å². The van der Waals surface area contributed by atoms with Gasteiger partial charge in [-0.3, -0.25) is 9.48 Å². The molecule has 1 aromatic rings. The van der Waals surface area contributed by atoms with Crippen LogP contribution < -0.4 is 11.1 Å². The summed E-state index contributed by atoms with van der Waals surface area (Å²) in [5.41, 5.74) is 6.59. The third kappa shape index (κ3) is 4.02. The van der Waals surface area contributed by atoms with Crippen molar-refractivity contribution in [3.63, 3.8) is 0 Å². The molecule has 0 radical (unpaired) electrons. The number of nitrogens with two attached hydrogens (primary N) is 1. The number of aromatic nitrogens is 2. The number of hydrogen-bond donors (Lipinski definition) is 2. The minimum atomic E-state index is -0.427. The molecule has 0 aliphatic heterocycles. The first-order valence-corrected chi connectivity index (χ1v) is 5.51. The maximum Gasteiger partial charge on any atom is 0.237 e. The lowest BCUT2D eigenvalue weighted by molar-refractivity contribution is -0.122. The fourth-order valence-electron chi connectivity index (χ4n) is 1.48. The number of carbonyl (C=O) groups excluding carboxylic acids is 1. The number of amides is 1. The van der Waals surface area contributed by atoms with Gasteiger partial charge < -0.3 is 11.1 Å². The summed E-state index contributed by atoms with van der Waals surface area (Å²) < 4.78 is 1.70. The van der Waals surface area contributed by atoms with Crippen molar-refractivity contribution in [2.24, 2.45) is 18.7 Å². The number of rotatable bonds is 5. The standard InChI is InChI=1S/C11H20N4O/c1-8(2)6-10(12)11(16)13-7-9-4-5-15(3)14-9/h4-5,8,10H,6-7,12H2,1-3H3,(H,13,16)/t10-/m1/s1. The van der Waals surface area contributed by atoms with Crippen LogP contribution in [0.2, 0.25) is 0 Å². The molecule has 0 bridgehead atoms. The minimum Gasteiger partial charge on any atom is -0.349 e. The predicted octanol–water partition coefficient (Wildman–Crippen LogP) is 0.410. The van der Waals surface area contributed by atoms with E-state index in [4.69, 9.17) is 5.73 Å². The van der Waals surface area contributed by atoms with Gasteiger partial charge in [0.1, 0.15) is 0 Å². The van der Waals surface area contributed by atoms with E-state index in [9.17, 15) is 4.79 Å². The van der Waals surface area contributed by atoms with Gasteiger partial charge in [0, 0.05) is 13.2 Å². The molecule has 90 valence electrons. The van der Waals surface area contributed by atoms with Crippen molar-refractivity contribution in [1.29, 1.82) is 0 Å². The van der Waals surface area contributed by atoms with Crippen molar-refractivity contribution >= 4 is 5.91 Å². The second-order valence-corrected chi connectivity index (χ2v) is 4.43. The summed E-state index contributed by atoms with van der Waals surface area (Å²) in [4.78, 5) is 11.6. The summed E-state index contributed by atoms with van der Waals surface area (Å²) in [6, 6.07) is 1.44. The molecule has 0 saturated carbocycles. The molecule has 1 rings (SSSR count). The van der Waals surface area contributed by atoms with Crippen LogP contribution in [0.1, 0.15) is 26.0 Å². The Morgan fingerprint density at radius 1 is 1.62 bits per heavy atom. The quantitative estimate of drug-likeness (QED) is 0.761. The van der Waals surface area contributed by atoms with E-state index in [-0.39, 0.29) is 5.91 Å². The SMILES string of the molecule is CC(C)C[C@@H](N)C(=O)NCc1ccn(C)n1. The summed E-state index contributed by atoms with van der Waals surface area (Å²) >= 11 is 0. The van der Waals surface area contributed by atoms with E-state index in [1.807, 2.05) is 33.2 Å². The van der Waals surface area contributed by atoms with Gasteiger partial charge in [-0.05, 0) is 18.4 Å². The van der Waals surface area contributed by atoms with Crippen LogP contribution >= 0.6 is 0 Å². The van der Waals surface area contributed by atoms with Crippen LogP contribution in [0.15, 0.2) is 12.3 Å². The molecule has 0 aromatic carbocycles. The maximum absolute atomic E-state index is 11.6. The van der Waals surface area contributed by atoms with Crippen molar-refractivity contribution < 1.29 is 4.79 Å². The molecule has 5 heteroatoms. The maximum atomic E-state index is 11.6. The van der Waals surface area contributed by atoms with Gasteiger partial charge in [-0.1, -0.05) is 13.8 Å². The lowest BCUT2D eigenvalue weighted by atomic mass is 10.0. The van der Waals surface area contributed by atoms with Gasteiger partial charge in [0.15, 0.2) is 0 Å². The third-order valence-electron chi connectivity index (χ3n) is 2.27. The summed E-state index contributed by atoms with van der Waals surface area (Å²) in [5.74, 6) is 0.315. The summed E-state index contributed by atoms with van der Waals surface area (Å²) in [6.45, 7) is 4.53. The fraction of sp³-hybridized carbons (Fsp3) is 0.636. The first kappa shape index (κ1) is 12.7. The van der Waals surface area contributed by atoms with E-state index >= 15 is 0 Å². The molecule has 5 nitrogen and oxygen atoms in total. The molecule has 0 aliphatic rings. The topological polar surface area (TPSA) is 72.9 Å². The summed E-state index contributed by atoms with van der Waals surface area (Å²) in [6.07, 6.45) is 2.55. The Balaban J connectivity index is 2.35. The minimum absolute atomic E-state index is 0.112. The number of hydrogen-bond acceptors (Lipinski definition) is 3. The highest BCUT2D eigenvalue weighted by atomic mass is 16.2. The van der Waals surface area contributed by atoms with Gasteiger partial charge in [0.25, 0.3) is 0 Å². The van der Waals surface area contributed by atoms with Crippen LogP contribution in [-0.4, -0.2) is 21.7 Å². The summed E-state index contributed by atoms with van der Waals surface area (Å²) in [5, 5.41) is 6.94. The highest BCUT2D eigenvalue weighted by Gasteiger charge is 2.14. The van der Waals surface area contributed by atoms with Gasteiger partial charge in [-0.15, -0.1) is 0 Å². The molecule has 0 unspecified atom stereocenters. The Kier molecular flexibility index (Phi) is 4.49. The van der Waals surface area contributed by atoms with Gasteiger partial charge >= 0.3 is 0 Å². The van der Waals surface area contributed by atoms with Crippen LogP contribution in [0.5, 0.6) is 0 Å². The van der Waals surface area contributed by atoms with Gasteiger partial charge in [-0.25, -0.2) is 0 Å². The molecule has 16 heavy (non-hydrogen) atoms. The van der Waals surface area contributed by atoms with Crippen LogP contribution in [0.4, 0.5) is 0 Å². The molecule has 0 saturated heterocycles. The smallest absolute Gasteiger partial charge is 0.237 e. The molecule has 0 aliphatic carbocycles. The van der Waals surface area contributed by atoms with Crippen molar-refractivity contribution in [2.75, 3.05) is 0 Å². The van der Waals surface area contributed by atoms with E-state index in [2.05, 4.69) is 10.4 Å². The normalized spacial score (nSPS) is 12.8. The van der Waals surface area contributed by atoms with Crippen molar-refractivity contribution in [2.45, 2.75) is 32.9 Å². The zero-order valence-corrected chi connectivity index (χ0v) is 10.1. The van der Waals surface area contributed by atoms with Gasteiger partial charge in [-0.2, -0.15) is 5.10 Å². The number of nitrogens with one attached hydrogen (secondary N) is 1. The van der Waals surface area contributed by atoms with E-state index in [0.717, 1.165) is 5.69 Å². The molecular weight excluding hydrogens is 204 g/mol. The molecule has 3 N–H and O–H groups in total. The van der Waals surface area contributed by atoms with Crippen molar-refractivity contribution in [1.82, 2.24) is 15.1 Å². The van der Waals surface area contributed by atoms with Crippen LogP contribution in [-0.2, 0) is 18.4 Å². The molecule has 0 spiro atoms. The van der Waals surface area contributed by atoms with E-state index in [0.29, 0.717) is 18.9 Å². The molecule has 1 atom stereocenters. The van der Waals surface area contributed by atoms with Crippen molar-refractivity contribution in [3.05, 3.63) is 18.0 Å². The Bertz CT molecular complexity index is 346. The van der Waals surface area contributed by atoms with Crippen molar-refractivity contribution in [3.8, 4) is 0 Å². The second kappa shape index (κ2) is 5.65. The first-order chi connectivity index (χ1) is 7.49. The molecular formula is C11H20N4O. The highest BCUT2D eigenvalue weighted by molar-refractivity contribution is 5.81. The predicted molar refractivity (Wildman–Crippen MR) is 62.5 cm³/mol. The molecule has 1 heterocycles. The van der Waals surface area contributed by atoms with Gasteiger partial charge in [0.2, 0.25) is 5.91 Å². The number of carbonyl (C=O) groups is 1. The second-order valence-electron chi connectivity index (χ2n) is 4.43. The highest BCUT2D eigenvalue weighted by Crippen LogP contribution is 2.02. The Labute approximate surface area is 96.0 Å². The lowest BCUT2D eigenvalue weighted by Gasteiger charge is -2.13. The Morgan fingerprint density at radius 2 is 2.31 bits per heavy atom. The van der Waals surface area contributed by atoms with Gasteiger partial charge in [0.05, 0.1) is 18.3 Å². The van der Waals surface area contributed by atoms with Crippen LogP contribution in [0.25, 0.3) is 0 Å². The first-order valence-electron chi connectivity index (χ1n) is 5.51. The fourth-order valence-corrected chi connectivity index (χ4v) is 1.48. The largest absolute Gasteiger partial charge is 0.349 e. The molecule has 0 fully saturated rings. The zero-order valence-electron chi connectivity index (χ0n) is 10.1.